The monoisotopic (exact) mass is 523 g/mol. The van der Waals surface area contributed by atoms with Crippen molar-refractivity contribution in [2.75, 3.05) is 26.9 Å². The lowest BCUT2D eigenvalue weighted by atomic mass is 10.1. The predicted molar refractivity (Wildman–Crippen MR) is 115 cm³/mol. The van der Waals surface area contributed by atoms with Gasteiger partial charge in [-0.3, -0.25) is 4.99 Å². The van der Waals surface area contributed by atoms with Crippen LogP contribution in [0.25, 0.3) is 0 Å². The Labute approximate surface area is 175 Å². The van der Waals surface area contributed by atoms with E-state index in [2.05, 4.69) is 62.7 Å². The molecule has 0 spiro atoms. The molecule has 4 atom stereocenters. The zero-order valence-electron chi connectivity index (χ0n) is 14.7. The summed E-state index contributed by atoms with van der Waals surface area (Å²) >= 11 is 3.48. The van der Waals surface area contributed by atoms with Crippen LogP contribution in [0, 0.1) is 0 Å². The fraction of sp³-hybridized carbons (Fsp3) is 0.611. The van der Waals surface area contributed by atoms with E-state index in [1.165, 1.54) is 5.56 Å². The molecule has 2 aliphatic rings. The zero-order chi connectivity index (χ0) is 16.9. The Kier molecular flexibility index (Phi) is 8.44. The van der Waals surface area contributed by atoms with E-state index in [9.17, 15) is 0 Å². The minimum Gasteiger partial charge on any atom is -0.379 e. The van der Waals surface area contributed by atoms with Crippen LogP contribution in [0.2, 0.25) is 0 Å². The van der Waals surface area contributed by atoms with E-state index in [1.54, 1.807) is 0 Å². The van der Waals surface area contributed by atoms with Crippen molar-refractivity contribution in [2.24, 2.45) is 4.99 Å². The van der Waals surface area contributed by atoms with Crippen molar-refractivity contribution < 1.29 is 9.47 Å². The average molecular weight is 524 g/mol. The number of guanidine groups is 1. The molecule has 0 aromatic heterocycles. The molecule has 1 aromatic carbocycles. The van der Waals surface area contributed by atoms with Gasteiger partial charge in [0, 0.05) is 36.1 Å². The zero-order valence-corrected chi connectivity index (χ0v) is 18.6. The van der Waals surface area contributed by atoms with Gasteiger partial charge in [0.2, 0.25) is 0 Å². The van der Waals surface area contributed by atoms with Crippen molar-refractivity contribution in [2.45, 2.75) is 43.9 Å². The van der Waals surface area contributed by atoms with Gasteiger partial charge in [0.1, 0.15) is 0 Å². The molecule has 0 radical (unpaired) electrons. The molecule has 1 aliphatic heterocycles. The molecule has 4 unspecified atom stereocenters. The fourth-order valence-corrected chi connectivity index (χ4v) is 3.24. The van der Waals surface area contributed by atoms with Gasteiger partial charge in [-0.05, 0) is 37.5 Å². The number of aliphatic imine (C=N–C) groups is 1. The van der Waals surface area contributed by atoms with Crippen LogP contribution in [-0.4, -0.2) is 51.0 Å². The number of hydrogen-bond donors (Lipinski definition) is 2. The summed E-state index contributed by atoms with van der Waals surface area (Å²) < 4.78 is 12.3. The van der Waals surface area contributed by atoms with Crippen molar-refractivity contribution in [1.29, 1.82) is 0 Å². The fourth-order valence-electron chi connectivity index (χ4n) is 2.98. The van der Waals surface area contributed by atoms with Crippen molar-refractivity contribution in [3.05, 3.63) is 34.3 Å². The second-order valence-electron chi connectivity index (χ2n) is 6.58. The minimum absolute atomic E-state index is 0. The van der Waals surface area contributed by atoms with Crippen LogP contribution < -0.4 is 10.6 Å². The van der Waals surface area contributed by atoms with Crippen molar-refractivity contribution >= 4 is 45.9 Å². The lowest BCUT2D eigenvalue weighted by Crippen LogP contribution is -2.45. The molecule has 2 fully saturated rings. The SMILES string of the molecule is CN=C(NC(C)COC1CCOC1)NC1CC1c1ccc(Br)cc1.I. The highest BCUT2D eigenvalue weighted by atomic mass is 127. The van der Waals surface area contributed by atoms with E-state index in [1.807, 2.05) is 7.05 Å². The third-order valence-electron chi connectivity index (χ3n) is 4.49. The third-order valence-corrected chi connectivity index (χ3v) is 5.02. The highest BCUT2D eigenvalue weighted by Crippen LogP contribution is 2.40. The average Bonchev–Trinajstić information content (AvgIpc) is 3.14. The first-order chi connectivity index (χ1) is 11.7. The summed E-state index contributed by atoms with van der Waals surface area (Å²) in [7, 11) is 1.81. The van der Waals surface area contributed by atoms with Crippen molar-refractivity contribution in [3.63, 3.8) is 0 Å². The first-order valence-corrected chi connectivity index (χ1v) is 9.39. The molecule has 2 N–H and O–H groups in total. The van der Waals surface area contributed by atoms with Crippen molar-refractivity contribution in [3.8, 4) is 0 Å². The maximum absolute atomic E-state index is 5.86. The smallest absolute Gasteiger partial charge is 0.191 e. The second-order valence-corrected chi connectivity index (χ2v) is 7.50. The van der Waals surface area contributed by atoms with Gasteiger partial charge in [0.25, 0.3) is 0 Å². The Morgan fingerprint density at radius 2 is 2.16 bits per heavy atom. The van der Waals surface area contributed by atoms with Gasteiger partial charge in [0.15, 0.2) is 5.96 Å². The van der Waals surface area contributed by atoms with E-state index >= 15 is 0 Å². The predicted octanol–water partition coefficient (Wildman–Crippen LogP) is 3.28. The molecule has 1 aromatic rings. The largest absolute Gasteiger partial charge is 0.379 e. The number of rotatable bonds is 6. The number of benzene rings is 1. The Hall–Kier alpha value is -0.380. The summed E-state index contributed by atoms with van der Waals surface area (Å²) in [6.07, 6.45) is 2.39. The number of ether oxygens (including phenoxy) is 2. The summed E-state index contributed by atoms with van der Waals surface area (Å²) in [6.45, 7) is 4.31. The van der Waals surface area contributed by atoms with Crippen LogP contribution in [0.1, 0.15) is 31.2 Å². The molecular weight excluding hydrogens is 497 g/mol. The molecule has 1 heterocycles. The second kappa shape index (κ2) is 10.1. The molecule has 7 heteroatoms. The van der Waals surface area contributed by atoms with Crippen molar-refractivity contribution in [1.82, 2.24) is 10.6 Å². The number of halogens is 2. The maximum Gasteiger partial charge on any atom is 0.191 e. The Bertz CT molecular complexity index is 564. The maximum atomic E-state index is 5.86. The minimum atomic E-state index is 0. The van der Waals surface area contributed by atoms with Crippen LogP contribution in [0.3, 0.4) is 0 Å². The van der Waals surface area contributed by atoms with Gasteiger partial charge < -0.3 is 20.1 Å². The van der Waals surface area contributed by atoms with E-state index in [4.69, 9.17) is 9.47 Å². The van der Waals surface area contributed by atoms with Crippen LogP contribution in [0.15, 0.2) is 33.7 Å². The topological polar surface area (TPSA) is 54.9 Å². The Morgan fingerprint density at radius 3 is 2.80 bits per heavy atom. The van der Waals surface area contributed by atoms with E-state index in [-0.39, 0.29) is 36.1 Å². The molecule has 1 saturated carbocycles. The van der Waals surface area contributed by atoms with Gasteiger partial charge in [-0.2, -0.15) is 0 Å². The highest BCUT2D eigenvalue weighted by molar-refractivity contribution is 14.0. The third kappa shape index (κ3) is 6.37. The van der Waals surface area contributed by atoms with Gasteiger partial charge in [-0.15, -0.1) is 24.0 Å². The normalized spacial score (nSPS) is 26.7. The molecule has 1 saturated heterocycles. The summed E-state index contributed by atoms with van der Waals surface area (Å²) in [5, 5.41) is 6.92. The lowest BCUT2D eigenvalue weighted by Gasteiger charge is -2.19. The number of hydrogen-bond acceptors (Lipinski definition) is 3. The van der Waals surface area contributed by atoms with Crippen LogP contribution in [-0.2, 0) is 9.47 Å². The van der Waals surface area contributed by atoms with Gasteiger partial charge in [-0.25, -0.2) is 0 Å². The first kappa shape index (κ1) is 20.9. The molecule has 25 heavy (non-hydrogen) atoms. The summed E-state index contributed by atoms with van der Waals surface area (Å²) in [5.74, 6) is 1.41. The van der Waals surface area contributed by atoms with Gasteiger partial charge >= 0.3 is 0 Å². The summed E-state index contributed by atoms with van der Waals surface area (Å²) in [6, 6.07) is 9.24. The highest BCUT2D eigenvalue weighted by Gasteiger charge is 2.39. The van der Waals surface area contributed by atoms with E-state index in [0.29, 0.717) is 18.6 Å². The lowest BCUT2D eigenvalue weighted by molar-refractivity contribution is 0.0347. The Morgan fingerprint density at radius 1 is 1.40 bits per heavy atom. The van der Waals surface area contributed by atoms with Crippen LogP contribution >= 0.6 is 39.9 Å². The molecule has 0 bridgehead atoms. The molecule has 1 aliphatic carbocycles. The van der Waals surface area contributed by atoms with Gasteiger partial charge in [-0.1, -0.05) is 28.1 Å². The summed E-state index contributed by atoms with van der Waals surface area (Å²) in [5.41, 5.74) is 1.38. The molecule has 0 amide bonds. The van der Waals surface area contributed by atoms with E-state index < -0.39 is 0 Å². The van der Waals surface area contributed by atoms with Crippen LogP contribution in [0.5, 0.6) is 0 Å². The quantitative estimate of drug-likeness (QED) is 0.341. The molecular formula is C18H27BrIN3O2. The molecule has 140 valence electrons. The van der Waals surface area contributed by atoms with Gasteiger partial charge in [0.05, 0.1) is 19.3 Å². The number of nitrogens with zero attached hydrogens (tertiary/aromatic N) is 1. The van der Waals surface area contributed by atoms with E-state index in [0.717, 1.165) is 36.5 Å². The first-order valence-electron chi connectivity index (χ1n) is 8.60. The molecule has 3 rings (SSSR count). The summed E-state index contributed by atoms with van der Waals surface area (Å²) in [4.78, 5) is 4.34. The Balaban J connectivity index is 0.00000225. The standard InChI is InChI=1S/C18H26BrN3O2.HI/c1-12(10-24-15-7-8-23-11-15)21-18(20-2)22-17-9-16(17)13-3-5-14(19)6-4-13;/h3-6,12,15-17H,7-11H2,1-2H3,(H2,20,21,22);1H. The number of nitrogens with one attached hydrogen (secondary N) is 2. The molecule has 5 nitrogen and oxygen atoms in total. The van der Waals surface area contributed by atoms with Crippen LogP contribution in [0.4, 0.5) is 0 Å².